The number of nitro groups is 1. The van der Waals surface area contributed by atoms with E-state index in [1.165, 1.54) is 12.1 Å². The van der Waals surface area contributed by atoms with Crippen molar-refractivity contribution in [1.29, 1.82) is 0 Å². The molecule has 0 fully saturated rings. The van der Waals surface area contributed by atoms with Crippen LogP contribution in [0.2, 0.25) is 0 Å². The molecule has 1 aromatic heterocycles. The van der Waals surface area contributed by atoms with Crippen molar-refractivity contribution < 1.29 is 19.8 Å². The quantitative estimate of drug-likeness (QED) is 0.376. The van der Waals surface area contributed by atoms with Gasteiger partial charge in [0.25, 0.3) is 5.69 Å². The zero-order valence-corrected chi connectivity index (χ0v) is 14.0. The van der Waals surface area contributed by atoms with Crippen LogP contribution in [0.15, 0.2) is 48.5 Å². The Balaban J connectivity index is 2.01. The molecule has 0 aliphatic rings. The second-order valence-electron chi connectivity index (χ2n) is 5.45. The van der Waals surface area contributed by atoms with E-state index in [1.807, 2.05) is 31.2 Å². The van der Waals surface area contributed by atoms with Gasteiger partial charge < -0.3 is 9.72 Å². The average molecular weight is 355 g/mol. The molecule has 0 atom stereocenters. The summed E-state index contributed by atoms with van der Waals surface area (Å²) in [7, 11) is 0. The Bertz CT molecular complexity index is 905. The predicted molar refractivity (Wildman–Crippen MR) is 94.7 cm³/mol. The molecule has 8 heteroatoms. The summed E-state index contributed by atoms with van der Waals surface area (Å²) >= 11 is 0. The van der Waals surface area contributed by atoms with Gasteiger partial charge in [-0.3, -0.25) is 15.4 Å². The average Bonchev–Trinajstić information content (AvgIpc) is 3.07. The van der Waals surface area contributed by atoms with E-state index in [4.69, 9.17) is 9.99 Å². The first-order valence-corrected chi connectivity index (χ1v) is 7.95. The van der Waals surface area contributed by atoms with Gasteiger partial charge >= 0.3 is 0 Å². The molecular formula is C18H17N3O5. The van der Waals surface area contributed by atoms with Crippen molar-refractivity contribution >= 4 is 5.69 Å². The number of aromatic amines is 1. The molecule has 8 nitrogen and oxygen atoms in total. The summed E-state index contributed by atoms with van der Waals surface area (Å²) in [6, 6.07) is 13.5. The first kappa shape index (κ1) is 17.6. The second-order valence-corrected chi connectivity index (χ2v) is 5.45. The first-order chi connectivity index (χ1) is 12.6. The Kier molecular flexibility index (Phi) is 5.26. The number of imidazole rings is 1. The number of aromatic nitrogens is 2. The highest BCUT2D eigenvalue weighted by molar-refractivity contribution is 5.69. The molecule has 0 radical (unpaired) electrons. The second kappa shape index (κ2) is 7.77. The van der Waals surface area contributed by atoms with Crippen LogP contribution in [0.5, 0.6) is 5.75 Å². The lowest BCUT2D eigenvalue weighted by Crippen LogP contribution is -1.93. The summed E-state index contributed by atoms with van der Waals surface area (Å²) in [4.78, 5) is 22.4. The Hall–Kier alpha value is -3.23. The zero-order valence-electron chi connectivity index (χ0n) is 14.0. The van der Waals surface area contributed by atoms with Crippen molar-refractivity contribution in [2.75, 3.05) is 6.61 Å². The van der Waals surface area contributed by atoms with Crippen molar-refractivity contribution in [3.05, 3.63) is 64.3 Å². The molecule has 26 heavy (non-hydrogen) atoms. The van der Waals surface area contributed by atoms with Crippen LogP contribution in [0.1, 0.15) is 12.6 Å². The molecule has 134 valence electrons. The van der Waals surface area contributed by atoms with Gasteiger partial charge in [-0.25, -0.2) is 9.87 Å². The van der Waals surface area contributed by atoms with Crippen molar-refractivity contribution in [2.45, 2.75) is 13.5 Å². The number of non-ortho nitro benzene ring substituents is 1. The molecule has 0 saturated heterocycles. The summed E-state index contributed by atoms with van der Waals surface area (Å²) in [6.07, 6.45) is 0. The van der Waals surface area contributed by atoms with Crippen LogP contribution < -0.4 is 4.74 Å². The first-order valence-electron chi connectivity index (χ1n) is 7.95. The lowest BCUT2D eigenvalue weighted by atomic mass is 10.1. The monoisotopic (exact) mass is 355 g/mol. The van der Waals surface area contributed by atoms with E-state index in [0.717, 1.165) is 11.3 Å². The minimum atomic E-state index is -0.461. The van der Waals surface area contributed by atoms with Gasteiger partial charge in [0.1, 0.15) is 18.2 Å². The molecule has 0 aliphatic carbocycles. The summed E-state index contributed by atoms with van der Waals surface area (Å²) in [6.45, 7) is 2.39. The highest BCUT2D eigenvalue weighted by Crippen LogP contribution is 2.29. The third-order valence-electron chi connectivity index (χ3n) is 3.76. The smallest absolute Gasteiger partial charge is 0.270 e. The van der Waals surface area contributed by atoms with Gasteiger partial charge in [-0.1, -0.05) is 12.1 Å². The molecule has 0 unspecified atom stereocenters. The van der Waals surface area contributed by atoms with Gasteiger partial charge in [0.15, 0.2) is 0 Å². The van der Waals surface area contributed by atoms with E-state index in [1.54, 1.807) is 12.1 Å². The zero-order chi connectivity index (χ0) is 18.5. The summed E-state index contributed by atoms with van der Waals surface area (Å²) in [5.74, 6) is 1.19. The van der Waals surface area contributed by atoms with E-state index in [0.29, 0.717) is 29.4 Å². The highest BCUT2D eigenvalue weighted by Gasteiger charge is 2.16. The summed E-state index contributed by atoms with van der Waals surface area (Å²) < 4.78 is 5.43. The molecule has 3 rings (SSSR count). The van der Waals surface area contributed by atoms with Crippen molar-refractivity contribution in [1.82, 2.24) is 9.97 Å². The lowest BCUT2D eigenvalue weighted by Gasteiger charge is -2.04. The van der Waals surface area contributed by atoms with Crippen LogP contribution in [-0.2, 0) is 11.5 Å². The Morgan fingerprint density at radius 2 is 1.96 bits per heavy atom. The van der Waals surface area contributed by atoms with Crippen molar-refractivity contribution in [3.63, 3.8) is 0 Å². The maximum atomic E-state index is 11.0. The van der Waals surface area contributed by atoms with Crippen LogP contribution in [0.4, 0.5) is 5.69 Å². The molecule has 0 amide bonds. The van der Waals surface area contributed by atoms with Crippen molar-refractivity contribution in [3.8, 4) is 28.4 Å². The van der Waals surface area contributed by atoms with Gasteiger partial charge in [0.05, 0.1) is 22.9 Å². The fraction of sp³-hybridized carbons (Fsp3) is 0.167. The molecule has 2 N–H and O–H groups in total. The number of rotatable bonds is 7. The Morgan fingerprint density at radius 1 is 1.19 bits per heavy atom. The number of hydrogen-bond donors (Lipinski definition) is 2. The van der Waals surface area contributed by atoms with E-state index in [9.17, 15) is 10.1 Å². The Morgan fingerprint density at radius 3 is 2.62 bits per heavy atom. The van der Waals surface area contributed by atoms with Gasteiger partial charge in [-0.05, 0) is 31.2 Å². The number of H-pyrrole nitrogens is 1. The van der Waals surface area contributed by atoms with Crippen molar-refractivity contribution in [2.24, 2.45) is 0 Å². The van der Waals surface area contributed by atoms with Crippen LogP contribution in [-0.4, -0.2) is 26.8 Å². The molecule has 0 aliphatic heterocycles. The third-order valence-corrected chi connectivity index (χ3v) is 3.76. The fourth-order valence-corrected chi connectivity index (χ4v) is 2.60. The minimum absolute atomic E-state index is 0.0264. The topological polar surface area (TPSA) is 111 Å². The SMILES string of the molecule is CCOc1ccc(-c2nc(-c3cccc([N+](=O)[O-])c3)[nH]c2COO)cc1. The number of ether oxygens (including phenoxy) is 1. The largest absolute Gasteiger partial charge is 0.494 e. The van der Waals surface area contributed by atoms with E-state index < -0.39 is 4.92 Å². The fourth-order valence-electron chi connectivity index (χ4n) is 2.60. The van der Waals surface area contributed by atoms with E-state index in [2.05, 4.69) is 14.9 Å². The van der Waals surface area contributed by atoms with E-state index in [-0.39, 0.29) is 12.3 Å². The molecule has 1 heterocycles. The molecule has 3 aromatic rings. The predicted octanol–water partition coefficient (Wildman–Crippen LogP) is 4.04. The maximum Gasteiger partial charge on any atom is 0.270 e. The van der Waals surface area contributed by atoms with Gasteiger partial charge in [-0.2, -0.15) is 0 Å². The number of nitrogens with one attached hydrogen (secondary N) is 1. The minimum Gasteiger partial charge on any atom is -0.494 e. The summed E-state index contributed by atoms with van der Waals surface area (Å²) in [5.41, 5.74) is 2.48. The van der Waals surface area contributed by atoms with Crippen LogP contribution in [0.3, 0.4) is 0 Å². The van der Waals surface area contributed by atoms with E-state index >= 15 is 0 Å². The maximum absolute atomic E-state index is 11.0. The third kappa shape index (κ3) is 3.71. The van der Waals surface area contributed by atoms with Crippen LogP contribution in [0.25, 0.3) is 22.6 Å². The number of hydrogen-bond acceptors (Lipinski definition) is 6. The standard InChI is InChI=1S/C18H17N3O5/c1-2-25-15-8-6-12(7-9-15)17-16(11-26-24)19-18(20-17)13-4-3-5-14(10-13)21(22)23/h3-10,24H,2,11H2,1H3,(H,19,20). The van der Waals surface area contributed by atoms with Gasteiger partial charge in [-0.15, -0.1) is 0 Å². The van der Waals surface area contributed by atoms with Crippen LogP contribution in [0, 0.1) is 10.1 Å². The molecular weight excluding hydrogens is 338 g/mol. The van der Waals surface area contributed by atoms with Gasteiger partial charge in [0, 0.05) is 23.3 Å². The highest BCUT2D eigenvalue weighted by atomic mass is 17.1. The molecule has 2 aromatic carbocycles. The number of benzene rings is 2. The Labute approximate surface area is 149 Å². The van der Waals surface area contributed by atoms with Crippen LogP contribution >= 0.6 is 0 Å². The summed E-state index contributed by atoms with van der Waals surface area (Å²) in [5, 5.41) is 19.8. The normalized spacial score (nSPS) is 10.7. The molecule has 0 bridgehead atoms. The molecule has 0 saturated carbocycles. The lowest BCUT2D eigenvalue weighted by molar-refractivity contribution is -0.384. The molecule has 0 spiro atoms. The number of nitrogens with zero attached hydrogens (tertiary/aromatic N) is 2. The number of nitro benzene ring substituents is 1. The van der Waals surface area contributed by atoms with Gasteiger partial charge in [0.2, 0.25) is 0 Å².